The van der Waals surface area contributed by atoms with Crippen LogP contribution in [0.2, 0.25) is 0 Å². The maximum atomic E-state index is 13.8. The third-order valence-electron chi connectivity index (χ3n) is 4.83. The Labute approximate surface area is 154 Å². The summed E-state index contributed by atoms with van der Waals surface area (Å²) in [7, 11) is 0. The molecule has 1 unspecified atom stereocenters. The van der Waals surface area contributed by atoms with E-state index in [0.717, 1.165) is 24.1 Å². The van der Waals surface area contributed by atoms with Crippen LogP contribution in [0.3, 0.4) is 0 Å². The fourth-order valence-corrected chi connectivity index (χ4v) is 3.39. The summed E-state index contributed by atoms with van der Waals surface area (Å²) in [6.45, 7) is 1.01. The van der Waals surface area contributed by atoms with Crippen molar-refractivity contribution in [1.82, 2.24) is 4.90 Å². The number of carbonyl (C=O) groups excluding carboxylic acids is 2. The zero-order valence-corrected chi connectivity index (χ0v) is 14.6. The fraction of sp³-hybridized carbons (Fsp3) is 0.300. The highest BCUT2D eigenvalue weighted by molar-refractivity contribution is 5.92. The molecule has 1 atom stereocenters. The molecule has 1 aliphatic heterocycles. The Morgan fingerprint density at radius 3 is 2.63 bits per heavy atom. The lowest BCUT2D eigenvalue weighted by Crippen LogP contribution is -2.30. The molecule has 0 spiro atoms. The second-order valence-electron chi connectivity index (χ2n) is 6.77. The van der Waals surface area contributed by atoms with Crippen molar-refractivity contribution >= 4 is 11.8 Å². The highest BCUT2D eigenvalue weighted by Crippen LogP contribution is 2.23. The quantitative estimate of drug-likeness (QED) is 0.816. The SMILES string of the molecule is NC(=O)c1cccc(CC2CCN(C(=O)Cc3ccc(F)c(F)c3F)C2)c1. The summed E-state index contributed by atoms with van der Waals surface area (Å²) in [6.07, 6.45) is 1.14. The van der Waals surface area contributed by atoms with E-state index in [0.29, 0.717) is 25.1 Å². The zero-order chi connectivity index (χ0) is 19.6. The standard InChI is InChI=1S/C20H19F3N2O2/c21-16-5-4-14(18(22)19(16)23)10-17(26)25-7-6-13(11-25)8-12-2-1-3-15(9-12)20(24)27/h1-5,9,13H,6-8,10-11H2,(H2,24,27). The van der Waals surface area contributed by atoms with Gasteiger partial charge in [-0.05, 0) is 42.5 Å². The lowest BCUT2D eigenvalue weighted by molar-refractivity contribution is -0.129. The number of likely N-dealkylation sites (tertiary alicyclic amines) is 1. The molecule has 0 bridgehead atoms. The minimum atomic E-state index is -1.56. The van der Waals surface area contributed by atoms with Gasteiger partial charge < -0.3 is 10.6 Å². The number of carbonyl (C=O) groups is 2. The normalized spacial score (nSPS) is 16.6. The first kappa shape index (κ1) is 18.9. The minimum Gasteiger partial charge on any atom is -0.366 e. The predicted molar refractivity (Wildman–Crippen MR) is 93.4 cm³/mol. The Kier molecular flexibility index (Phi) is 5.48. The average molecular weight is 376 g/mol. The van der Waals surface area contributed by atoms with Crippen molar-refractivity contribution in [2.75, 3.05) is 13.1 Å². The summed E-state index contributed by atoms with van der Waals surface area (Å²) in [5, 5.41) is 0. The molecule has 2 N–H and O–H groups in total. The van der Waals surface area contributed by atoms with E-state index in [9.17, 15) is 22.8 Å². The van der Waals surface area contributed by atoms with Crippen LogP contribution in [0.1, 0.15) is 27.9 Å². The van der Waals surface area contributed by atoms with Crippen LogP contribution in [0.25, 0.3) is 0 Å². The number of hydrogen-bond acceptors (Lipinski definition) is 2. The summed E-state index contributed by atoms with van der Waals surface area (Å²) in [4.78, 5) is 25.3. The van der Waals surface area contributed by atoms with Gasteiger partial charge in [0.1, 0.15) is 0 Å². The molecule has 0 aromatic heterocycles. The van der Waals surface area contributed by atoms with Crippen molar-refractivity contribution in [1.29, 1.82) is 0 Å². The van der Waals surface area contributed by atoms with Crippen LogP contribution >= 0.6 is 0 Å². The van der Waals surface area contributed by atoms with E-state index in [2.05, 4.69) is 0 Å². The molecule has 3 rings (SSSR count). The second kappa shape index (κ2) is 7.82. The van der Waals surface area contributed by atoms with Crippen LogP contribution in [0, 0.1) is 23.4 Å². The van der Waals surface area contributed by atoms with Gasteiger partial charge in [0, 0.05) is 24.2 Å². The molecule has 1 aliphatic rings. The van der Waals surface area contributed by atoms with Crippen LogP contribution in [0.15, 0.2) is 36.4 Å². The largest absolute Gasteiger partial charge is 0.366 e. The number of nitrogens with zero attached hydrogens (tertiary/aromatic N) is 1. The number of benzene rings is 2. The Balaban J connectivity index is 1.61. The van der Waals surface area contributed by atoms with Gasteiger partial charge in [-0.1, -0.05) is 18.2 Å². The second-order valence-corrected chi connectivity index (χ2v) is 6.77. The smallest absolute Gasteiger partial charge is 0.248 e. The Morgan fingerprint density at radius 1 is 1.11 bits per heavy atom. The van der Waals surface area contributed by atoms with E-state index in [1.54, 1.807) is 23.1 Å². The van der Waals surface area contributed by atoms with E-state index in [4.69, 9.17) is 5.73 Å². The first-order chi connectivity index (χ1) is 12.8. The first-order valence-electron chi connectivity index (χ1n) is 8.64. The van der Waals surface area contributed by atoms with Gasteiger partial charge in [-0.25, -0.2) is 13.2 Å². The molecular weight excluding hydrogens is 357 g/mol. The third-order valence-corrected chi connectivity index (χ3v) is 4.83. The van der Waals surface area contributed by atoms with Gasteiger partial charge in [-0.3, -0.25) is 9.59 Å². The molecule has 0 saturated carbocycles. The first-order valence-corrected chi connectivity index (χ1v) is 8.64. The van der Waals surface area contributed by atoms with Crippen LogP contribution in [-0.4, -0.2) is 29.8 Å². The number of primary amides is 1. The summed E-state index contributed by atoms with van der Waals surface area (Å²) in [5.74, 6) is -4.77. The van der Waals surface area contributed by atoms with Gasteiger partial charge in [0.2, 0.25) is 11.8 Å². The van der Waals surface area contributed by atoms with E-state index in [1.165, 1.54) is 0 Å². The van der Waals surface area contributed by atoms with E-state index in [1.807, 2.05) is 6.07 Å². The molecule has 1 saturated heterocycles. The van der Waals surface area contributed by atoms with E-state index >= 15 is 0 Å². The Hall–Kier alpha value is -2.83. The molecule has 1 fully saturated rings. The highest BCUT2D eigenvalue weighted by atomic mass is 19.2. The van der Waals surface area contributed by atoms with Crippen LogP contribution in [0.4, 0.5) is 13.2 Å². The minimum absolute atomic E-state index is 0.156. The average Bonchev–Trinajstić information content (AvgIpc) is 3.11. The molecule has 4 nitrogen and oxygen atoms in total. The van der Waals surface area contributed by atoms with Crippen LogP contribution in [-0.2, 0) is 17.6 Å². The molecule has 2 amide bonds. The molecule has 27 heavy (non-hydrogen) atoms. The summed E-state index contributed by atoms with van der Waals surface area (Å²) in [5.41, 5.74) is 6.52. The molecule has 0 aliphatic carbocycles. The third kappa shape index (κ3) is 4.30. The molecule has 2 aromatic rings. The van der Waals surface area contributed by atoms with Gasteiger partial charge in [0.05, 0.1) is 6.42 Å². The topological polar surface area (TPSA) is 63.4 Å². The Bertz CT molecular complexity index is 886. The van der Waals surface area contributed by atoms with Gasteiger partial charge in [0.25, 0.3) is 0 Å². The molecule has 7 heteroatoms. The maximum Gasteiger partial charge on any atom is 0.248 e. The van der Waals surface area contributed by atoms with Gasteiger partial charge in [-0.2, -0.15) is 0 Å². The summed E-state index contributed by atoms with van der Waals surface area (Å²) in [6, 6.07) is 8.96. The zero-order valence-electron chi connectivity index (χ0n) is 14.6. The van der Waals surface area contributed by atoms with Crippen LogP contribution < -0.4 is 5.73 Å². The molecule has 0 radical (unpaired) electrons. The van der Waals surface area contributed by atoms with Gasteiger partial charge in [-0.15, -0.1) is 0 Å². The van der Waals surface area contributed by atoms with Crippen molar-refractivity contribution in [3.63, 3.8) is 0 Å². The van der Waals surface area contributed by atoms with E-state index in [-0.39, 0.29) is 23.8 Å². The number of halogens is 3. The Morgan fingerprint density at radius 2 is 1.89 bits per heavy atom. The number of nitrogens with two attached hydrogens (primary N) is 1. The molecular formula is C20H19F3N2O2. The molecule has 2 aromatic carbocycles. The number of rotatable bonds is 5. The van der Waals surface area contributed by atoms with Crippen molar-refractivity contribution < 1.29 is 22.8 Å². The lowest BCUT2D eigenvalue weighted by Gasteiger charge is -2.17. The van der Waals surface area contributed by atoms with Crippen LogP contribution in [0.5, 0.6) is 0 Å². The number of hydrogen-bond donors (Lipinski definition) is 1. The predicted octanol–water partition coefficient (Wildman–Crippen LogP) is 2.84. The van der Waals surface area contributed by atoms with Gasteiger partial charge in [0.15, 0.2) is 17.5 Å². The molecule has 1 heterocycles. The highest BCUT2D eigenvalue weighted by Gasteiger charge is 2.27. The summed E-state index contributed by atoms with van der Waals surface area (Å²) >= 11 is 0. The lowest BCUT2D eigenvalue weighted by atomic mass is 9.97. The van der Waals surface area contributed by atoms with Crippen molar-refractivity contribution in [3.8, 4) is 0 Å². The van der Waals surface area contributed by atoms with Crippen molar-refractivity contribution in [3.05, 3.63) is 70.5 Å². The van der Waals surface area contributed by atoms with Crippen molar-refractivity contribution in [2.24, 2.45) is 11.7 Å². The monoisotopic (exact) mass is 376 g/mol. The van der Waals surface area contributed by atoms with Crippen molar-refractivity contribution in [2.45, 2.75) is 19.3 Å². The summed E-state index contributed by atoms with van der Waals surface area (Å²) < 4.78 is 40.1. The molecule has 142 valence electrons. The van der Waals surface area contributed by atoms with Gasteiger partial charge >= 0.3 is 0 Å². The number of amides is 2. The maximum absolute atomic E-state index is 13.8. The fourth-order valence-electron chi connectivity index (χ4n) is 3.39. The van der Waals surface area contributed by atoms with E-state index < -0.39 is 23.4 Å².